The lowest BCUT2D eigenvalue weighted by Crippen LogP contribution is -2.65. The van der Waals surface area contributed by atoms with Gasteiger partial charge in [-0.05, 0) is 155 Å². The number of hydrogen-bond acceptors (Lipinski definition) is 4. The fourth-order valence-corrected chi connectivity index (χ4v) is 14.7. The van der Waals surface area contributed by atoms with Crippen molar-refractivity contribution in [2.75, 3.05) is 13.1 Å². The molecule has 2 heterocycles. The highest BCUT2D eigenvalue weighted by Gasteiger charge is 2.69. The summed E-state index contributed by atoms with van der Waals surface area (Å²) in [6.07, 6.45) is 16.8. The van der Waals surface area contributed by atoms with Gasteiger partial charge in [0.15, 0.2) is 5.78 Å². The summed E-state index contributed by atoms with van der Waals surface area (Å²) >= 11 is 0. The molecule has 7 aliphatic rings. The second-order valence-corrected chi connectivity index (χ2v) is 18.6. The van der Waals surface area contributed by atoms with Crippen LogP contribution in [0.3, 0.4) is 0 Å². The van der Waals surface area contributed by atoms with Crippen molar-refractivity contribution in [1.29, 1.82) is 0 Å². The highest BCUT2D eigenvalue weighted by atomic mass is 16.3. The van der Waals surface area contributed by atoms with Crippen LogP contribution in [-0.4, -0.2) is 46.3 Å². The van der Waals surface area contributed by atoms with Crippen LogP contribution in [0.25, 0.3) is 0 Å². The van der Waals surface area contributed by atoms with Gasteiger partial charge in [-0.25, -0.2) is 0 Å². The molecule has 0 aromatic heterocycles. The Kier molecular flexibility index (Phi) is 7.54. The summed E-state index contributed by atoms with van der Waals surface area (Å²) in [6.45, 7) is 20.9. The maximum Gasteiger partial charge on any atom is 0.172 e. The van der Waals surface area contributed by atoms with E-state index in [0.717, 1.165) is 64.5 Å². The quantitative estimate of drug-likeness (QED) is 0.327. The SMILES string of the molecule is C=C(C)C(O)(C(=O)C1CCC2C1CCC1(C)C2CCC2C3(C)CCC(=O)C(C)(C)C3CCC21C)C1CCCN2CCCCC12. The van der Waals surface area contributed by atoms with E-state index < -0.39 is 5.60 Å². The molecule has 2 saturated heterocycles. The number of aliphatic hydroxyl groups is 1. The van der Waals surface area contributed by atoms with E-state index in [4.69, 9.17) is 0 Å². The van der Waals surface area contributed by atoms with Crippen molar-refractivity contribution in [2.24, 2.45) is 63.1 Å². The second kappa shape index (κ2) is 10.5. The third kappa shape index (κ3) is 4.07. The van der Waals surface area contributed by atoms with Gasteiger partial charge in [-0.2, -0.15) is 0 Å². The number of rotatable bonds is 4. The fourth-order valence-electron chi connectivity index (χ4n) is 14.7. The Bertz CT molecular complexity index is 1200. The van der Waals surface area contributed by atoms with E-state index in [-0.39, 0.29) is 39.3 Å². The molecule has 246 valence electrons. The summed E-state index contributed by atoms with van der Waals surface area (Å²) in [5.74, 6) is 3.46. The standard InChI is InChI=1S/C40H63NO3/c1-25(2)40(44,30-11-10-24-41-23-9-8-12-31(30)41)35(43)28-14-13-27-26(28)17-21-38(6)29(27)15-16-33-37(5)20-19-34(42)36(3,4)32(37)18-22-39(33,38)7/h26-33,44H,1,8-24H2,2-7H3. The van der Waals surface area contributed by atoms with Crippen molar-refractivity contribution in [1.82, 2.24) is 4.90 Å². The van der Waals surface area contributed by atoms with E-state index >= 15 is 0 Å². The average molecular weight is 606 g/mol. The number of fused-ring (bicyclic) bond motifs is 8. The lowest BCUT2D eigenvalue weighted by atomic mass is 9.33. The Morgan fingerprint density at radius 2 is 1.55 bits per heavy atom. The smallest absolute Gasteiger partial charge is 0.172 e. The van der Waals surface area contributed by atoms with E-state index in [0.29, 0.717) is 47.0 Å². The number of carbonyl (C=O) groups is 2. The van der Waals surface area contributed by atoms with Gasteiger partial charge in [-0.3, -0.25) is 14.5 Å². The van der Waals surface area contributed by atoms with Crippen molar-refractivity contribution in [2.45, 2.75) is 149 Å². The molecule has 0 radical (unpaired) electrons. The van der Waals surface area contributed by atoms with Crippen molar-refractivity contribution in [3.8, 4) is 0 Å². The van der Waals surface area contributed by atoms with E-state index in [9.17, 15) is 14.7 Å². The molecule has 0 aromatic rings. The van der Waals surface area contributed by atoms with Gasteiger partial charge in [-0.15, -0.1) is 0 Å². The zero-order valence-electron chi connectivity index (χ0n) is 29.1. The number of carbonyl (C=O) groups excluding carboxylic acids is 2. The lowest BCUT2D eigenvalue weighted by molar-refractivity contribution is -0.224. The summed E-state index contributed by atoms with van der Waals surface area (Å²) in [6, 6.07) is 0.321. The van der Waals surface area contributed by atoms with Crippen LogP contribution in [-0.2, 0) is 9.59 Å². The van der Waals surface area contributed by atoms with Crippen molar-refractivity contribution >= 4 is 11.6 Å². The fraction of sp³-hybridized carbons (Fsp3) is 0.900. The van der Waals surface area contributed by atoms with E-state index in [1.165, 1.54) is 44.9 Å². The molecule has 0 bridgehead atoms. The molecule has 0 amide bonds. The molecule has 44 heavy (non-hydrogen) atoms. The minimum Gasteiger partial charge on any atom is -0.377 e. The predicted molar refractivity (Wildman–Crippen MR) is 177 cm³/mol. The number of nitrogens with zero attached hydrogens (tertiary/aromatic N) is 1. The first-order chi connectivity index (χ1) is 20.7. The summed E-state index contributed by atoms with van der Waals surface area (Å²) in [4.78, 5) is 30.5. The molecular weight excluding hydrogens is 542 g/mol. The van der Waals surface area contributed by atoms with Crippen LogP contribution in [0.15, 0.2) is 12.2 Å². The van der Waals surface area contributed by atoms with Gasteiger partial charge in [0.25, 0.3) is 0 Å². The molecule has 12 unspecified atom stereocenters. The Hall–Kier alpha value is -1.00. The summed E-state index contributed by atoms with van der Waals surface area (Å²) in [5, 5.41) is 12.5. The number of Topliss-reactive ketones (excluding diaryl/α,β-unsaturated/α-hetero) is 2. The molecule has 5 saturated carbocycles. The summed E-state index contributed by atoms with van der Waals surface area (Å²) < 4.78 is 0. The van der Waals surface area contributed by atoms with E-state index in [2.05, 4.69) is 46.1 Å². The first kappa shape index (κ1) is 31.6. The lowest BCUT2D eigenvalue weighted by Gasteiger charge is -2.71. The van der Waals surface area contributed by atoms with Gasteiger partial charge >= 0.3 is 0 Å². The van der Waals surface area contributed by atoms with E-state index in [1.54, 1.807) is 0 Å². The third-order valence-electron chi connectivity index (χ3n) is 17.1. The van der Waals surface area contributed by atoms with Gasteiger partial charge in [-0.1, -0.05) is 47.6 Å². The molecule has 7 fully saturated rings. The number of hydrogen-bond donors (Lipinski definition) is 1. The van der Waals surface area contributed by atoms with Crippen LogP contribution in [0.1, 0.15) is 138 Å². The monoisotopic (exact) mass is 605 g/mol. The Morgan fingerprint density at radius 3 is 2.30 bits per heavy atom. The molecule has 5 aliphatic carbocycles. The van der Waals surface area contributed by atoms with Crippen molar-refractivity contribution < 1.29 is 14.7 Å². The van der Waals surface area contributed by atoms with Crippen LogP contribution in [0.5, 0.6) is 0 Å². The van der Waals surface area contributed by atoms with E-state index in [1.807, 2.05) is 6.92 Å². The largest absolute Gasteiger partial charge is 0.377 e. The molecule has 0 spiro atoms. The van der Waals surface area contributed by atoms with Gasteiger partial charge in [0.1, 0.15) is 11.4 Å². The van der Waals surface area contributed by atoms with Crippen LogP contribution in [0.2, 0.25) is 0 Å². The minimum atomic E-state index is -1.39. The van der Waals surface area contributed by atoms with Gasteiger partial charge in [0, 0.05) is 29.7 Å². The van der Waals surface area contributed by atoms with Crippen molar-refractivity contribution in [3.63, 3.8) is 0 Å². The summed E-state index contributed by atoms with van der Waals surface area (Å²) in [5.41, 5.74) is -0.0792. The molecule has 4 nitrogen and oxygen atoms in total. The molecule has 4 heteroatoms. The first-order valence-corrected chi connectivity index (χ1v) is 18.9. The predicted octanol–water partition coefficient (Wildman–Crippen LogP) is 8.41. The highest BCUT2D eigenvalue weighted by Crippen LogP contribution is 2.75. The van der Waals surface area contributed by atoms with Gasteiger partial charge in [0.05, 0.1) is 0 Å². The van der Waals surface area contributed by atoms with Crippen molar-refractivity contribution in [3.05, 3.63) is 12.2 Å². The van der Waals surface area contributed by atoms with Crippen LogP contribution in [0.4, 0.5) is 0 Å². The maximum atomic E-state index is 14.8. The zero-order chi connectivity index (χ0) is 31.4. The summed E-state index contributed by atoms with van der Waals surface area (Å²) in [7, 11) is 0. The Balaban J connectivity index is 1.15. The Morgan fingerprint density at radius 1 is 0.818 bits per heavy atom. The zero-order valence-corrected chi connectivity index (χ0v) is 29.1. The van der Waals surface area contributed by atoms with Gasteiger partial charge < -0.3 is 5.11 Å². The second-order valence-electron chi connectivity index (χ2n) is 18.6. The molecule has 12 atom stereocenters. The minimum absolute atomic E-state index is 0.00800. The van der Waals surface area contributed by atoms with Crippen LogP contribution in [0, 0.1) is 63.1 Å². The van der Waals surface area contributed by atoms with Crippen LogP contribution >= 0.6 is 0 Å². The highest BCUT2D eigenvalue weighted by molar-refractivity contribution is 5.93. The number of piperidine rings is 2. The molecular formula is C40H63NO3. The normalized spacial score (nSPS) is 49.8. The first-order valence-electron chi connectivity index (χ1n) is 18.9. The third-order valence-corrected chi connectivity index (χ3v) is 17.1. The topological polar surface area (TPSA) is 57.6 Å². The average Bonchev–Trinajstić information content (AvgIpc) is 3.42. The maximum absolute atomic E-state index is 14.8. The molecule has 1 N–H and O–H groups in total. The number of ketones is 2. The van der Waals surface area contributed by atoms with Gasteiger partial charge in [0.2, 0.25) is 0 Å². The molecule has 2 aliphatic heterocycles. The molecule has 0 aromatic carbocycles. The molecule has 7 rings (SSSR count). The Labute approximate surface area is 268 Å². The van der Waals surface area contributed by atoms with Crippen LogP contribution < -0.4 is 0 Å².